The van der Waals surface area contributed by atoms with E-state index in [-0.39, 0.29) is 11.8 Å². The number of benzene rings is 2. The van der Waals surface area contributed by atoms with Crippen LogP contribution in [0.1, 0.15) is 21.6 Å². The molecule has 0 unspecified atom stereocenters. The maximum Gasteiger partial charge on any atom is 0.278 e. The van der Waals surface area contributed by atoms with Crippen molar-refractivity contribution in [1.82, 2.24) is 4.90 Å². The zero-order chi connectivity index (χ0) is 21.3. The predicted molar refractivity (Wildman–Crippen MR) is 123 cm³/mol. The Morgan fingerprint density at radius 2 is 1.77 bits per heavy atom. The number of hydrogen-bond acceptors (Lipinski definition) is 4. The number of nitrogens with one attached hydrogen (secondary N) is 1. The highest BCUT2D eigenvalue weighted by molar-refractivity contribution is 7.11. The number of rotatable bonds is 6. The molecule has 0 saturated heterocycles. The number of anilines is 1. The molecular weight excluding hydrogens is 416 g/mol. The number of carbonyl (C=O) groups is 2. The highest BCUT2D eigenvalue weighted by Gasteiger charge is 2.39. The van der Waals surface area contributed by atoms with Gasteiger partial charge in [-0.1, -0.05) is 41.9 Å². The fourth-order valence-electron chi connectivity index (χ4n) is 3.44. The van der Waals surface area contributed by atoms with E-state index in [4.69, 9.17) is 11.6 Å². The van der Waals surface area contributed by atoms with Gasteiger partial charge < -0.3 is 5.32 Å². The fourth-order valence-corrected chi connectivity index (χ4v) is 4.34. The van der Waals surface area contributed by atoms with E-state index in [0.29, 0.717) is 29.3 Å². The van der Waals surface area contributed by atoms with Crippen LogP contribution in [0.2, 0.25) is 5.02 Å². The van der Waals surface area contributed by atoms with Crippen LogP contribution in [-0.4, -0.2) is 23.3 Å². The molecule has 6 heteroatoms. The van der Waals surface area contributed by atoms with Gasteiger partial charge in [0.15, 0.2) is 0 Å². The van der Waals surface area contributed by atoms with Crippen LogP contribution in [0, 0.1) is 13.8 Å². The van der Waals surface area contributed by atoms with Crippen molar-refractivity contribution < 1.29 is 9.59 Å². The third kappa shape index (κ3) is 4.04. The molecule has 1 aliphatic heterocycles. The summed E-state index contributed by atoms with van der Waals surface area (Å²) in [4.78, 5) is 28.6. The standard InChI is InChI=1S/C24H21ClN2O2S/c1-15-5-6-16(2)19(14-15)26-22-21(20-4-3-13-30-20)23(28)27(24(22)29)12-11-17-7-9-18(25)10-8-17/h3-10,13-14,26H,11-12H2,1-2H3. The Labute approximate surface area is 184 Å². The van der Waals surface area contributed by atoms with E-state index in [0.717, 1.165) is 27.3 Å². The molecule has 0 radical (unpaired) electrons. The molecule has 0 bridgehead atoms. The zero-order valence-electron chi connectivity index (χ0n) is 16.7. The molecule has 1 N–H and O–H groups in total. The topological polar surface area (TPSA) is 49.4 Å². The Balaban J connectivity index is 1.64. The molecule has 4 rings (SSSR count). The molecule has 2 heterocycles. The molecule has 0 spiro atoms. The molecular formula is C24H21ClN2O2S. The summed E-state index contributed by atoms with van der Waals surface area (Å²) in [7, 11) is 0. The summed E-state index contributed by atoms with van der Waals surface area (Å²) in [5.41, 5.74) is 4.73. The van der Waals surface area contributed by atoms with Gasteiger partial charge in [0, 0.05) is 22.1 Å². The van der Waals surface area contributed by atoms with Crippen molar-refractivity contribution in [1.29, 1.82) is 0 Å². The van der Waals surface area contributed by atoms with Gasteiger partial charge in [-0.05, 0) is 66.6 Å². The Morgan fingerprint density at radius 1 is 1.00 bits per heavy atom. The second-order valence-corrected chi connectivity index (χ2v) is 8.69. The largest absolute Gasteiger partial charge is 0.350 e. The Morgan fingerprint density at radius 3 is 2.47 bits per heavy atom. The number of nitrogens with zero attached hydrogens (tertiary/aromatic N) is 1. The van der Waals surface area contributed by atoms with E-state index in [2.05, 4.69) is 5.32 Å². The van der Waals surface area contributed by atoms with Gasteiger partial charge in [0.2, 0.25) is 0 Å². The minimum Gasteiger partial charge on any atom is -0.350 e. The minimum absolute atomic E-state index is 0.260. The quantitative estimate of drug-likeness (QED) is 0.522. The van der Waals surface area contributed by atoms with Crippen molar-refractivity contribution in [2.45, 2.75) is 20.3 Å². The van der Waals surface area contributed by atoms with E-state index in [1.807, 2.05) is 73.8 Å². The summed E-state index contributed by atoms with van der Waals surface area (Å²) in [5.74, 6) is -0.553. The van der Waals surface area contributed by atoms with E-state index in [1.54, 1.807) is 0 Å². The molecule has 2 aromatic carbocycles. The van der Waals surface area contributed by atoms with Crippen LogP contribution in [0.15, 0.2) is 65.7 Å². The molecule has 1 aromatic heterocycles. The second-order valence-electron chi connectivity index (χ2n) is 7.31. The lowest BCUT2D eigenvalue weighted by Gasteiger charge is -2.16. The van der Waals surface area contributed by atoms with Crippen molar-refractivity contribution in [2.24, 2.45) is 0 Å². The summed E-state index contributed by atoms with van der Waals surface area (Å²) >= 11 is 7.40. The van der Waals surface area contributed by atoms with Gasteiger partial charge in [-0.15, -0.1) is 11.3 Å². The van der Waals surface area contributed by atoms with Gasteiger partial charge >= 0.3 is 0 Å². The summed E-state index contributed by atoms with van der Waals surface area (Å²) in [6.45, 7) is 4.29. The third-order valence-corrected chi connectivity index (χ3v) is 6.27. The number of aryl methyl sites for hydroxylation is 2. The first-order valence-electron chi connectivity index (χ1n) is 9.67. The molecule has 4 nitrogen and oxygen atoms in total. The average molecular weight is 437 g/mol. The van der Waals surface area contributed by atoms with E-state index in [9.17, 15) is 9.59 Å². The molecule has 0 aliphatic carbocycles. The molecule has 2 amide bonds. The van der Waals surface area contributed by atoms with E-state index >= 15 is 0 Å². The van der Waals surface area contributed by atoms with Gasteiger partial charge in [0.25, 0.3) is 11.8 Å². The molecule has 0 saturated carbocycles. The maximum absolute atomic E-state index is 13.3. The fraction of sp³-hybridized carbons (Fsp3) is 0.167. The summed E-state index contributed by atoms with van der Waals surface area (Å²) < 4.78 is 0. The van der Waals surface area contributed by atoms with E-state index in [1.165, 1.54) is 16.2 Å². The Kier molecular flexibility index (Phi) is 5.75. The predicted octanol–water partition coefficient (Wildman–Crippen LogP) is 5.45. The molecule has 152 valence electrons. The van der Waals surface area contributed by atoms with E-state index < -0.39 is 0 Å². The Bertz CT molecular complexity index is 1130. The number of hydrogen-bond donors (Lipinski definition) is 1. The van der Waals surface area contributed by atoms with Gasteiger partial charge in [-0.25, -0.2) is 0 Å². The average Bonchev–Trinajstić information content (AvgIpc) is 3.32. The van der Waals surface area contributed by atoms with Crippen molar-refractivity contribution in [3.8, 4) is 0 Å². The smallest absolute Gasteiger partial charge is 0.278 e. The number of halogens is 1. The first kappa shape index (κ1) is 20.4. The number of thiophene rings is 1. The number of amides is 2. The van der Waals surface area contributed by atoms with Gasteiger partial charge in [0.1, 0.15) is 5.70 Å². The zero-order valence-corrected chi connectivity index (χ0v) is 18.3. The summed E-state index contributed by atoms with van der Waals surface area (Å²) in [5, 5.41) is 5.83. The van der Waals surface area contributed by atoms with Crippen molar-refractivity contribution in [2.75, 3.05) is 11.9 Å². The second kappa shape index (κ2) is 8.46. The minimum atomic E-state index is -0.293. The summed E-state index contributed by atoms with van der Waals surface area (Å²) in [6, 6.07) is 17.2. The molecule has 0 fully saturated rings. The van der Waals surface area contributed by atoms with Crippen LogP contribution < -0.4 is 5.32 Å². The van der Waals surface area contributed by atoms with Crippen molar-refractivity contribution >= 4 is 46.0 Å². The SMILES string of the molecule is Cc1ccc(C)c(NC2=C(c3cccs3)C(=O)N(CCc3ccc(Cl)cc3)C2=O)c1. The van der Waals surface area contributed by atoms with Crippen LogP contribution in [-0.2, 0) is 16.0 Å². The summed E-state index contributed by atoms with van der Waals surface area (Å²) in [6.07, 6.45) is 0.573. The maximum atomic E-state index is 13.3. The first-order valence-corrected chi connectivity index (χ1v) is 10.9. The van der Waals surface area contributed by atoms with Crippen LogP contribution in [0.25, 0.3) is 5.57 Å². The third-order valence-electron chi connectivity index (χ3n) is 5.13. The first-order chi connectivity index (χ1) is 14.4. The lowest BCUT2D eigenvalue weighted by molar-refractivity contribution is -0.136. The van der Waals surface area contributed by atoms with Crippen LogP contribution >= 0.6 is 22.9 Å². The highest BCUT2D eigenvalue weighted by atomic mass is 35.5. The number of imide groups is 1. The van der Waals surface area contributed by atoms with Crippen molar-refractivity contribution in [3.05, 3.63) is 92.3 Å². The normalized spacial score (nSPS) is 14.0. The van der Waals surface area contributed by atoms with Gasteiger partial charge in [-0.2, -0.15) is 0 Å². The monoisotopic (exact) mass is 436 g/mol. The molecule has 1 aliphatic rings. The van der Waals surface area contributed by atoms with Crippen LogP contribution in [0.4, 0.5) is 5.69 Å². The van der Waals surface area contributed by atoms with Gasteiger partial charge in [-0.3, -0.25) is 14.5 Å². The van der Waals surface area contributed by atoms with Gasteiger partial charge in [0.05, 0.1) is 5.57 Å². The molecule has 30 heavy (non-hydrogen) atoms. The lowest BCUT2D eigenvalue weighted by atomic mass is 10.1. The van der Waals surface area contributed by atoms with Crippen molar-refractivity contribution in [3.63, 3.8) is 0 Å². The Hall–Kier alpha value is -2.89. The molecule has 0 atom stereocenters. The number of carbonyl (C=O) groups excluding carboxylic acids is 2. The highest BCUT2D eigenvalue weighted by Crippen LogP contribution is 2.33. The molecule has 3 aromatic rings. The lowest BCUT2D eigenvalue weighted by Crippen LogP contribution is -2.34. The van der Waals surface area contributed by atoms with Crippen LogP contribution in [0.5, 0.6) is 0 Å². The van der Waals surface area contributed by atoms with Crippen LogP contribution in [0.3, 0.4) is 0 Å².